The first-order chi connectivity index (χ1) is 18.2. The Labute approximate surface area is 227 Å². The van der Waals surface area contributed by atoms with Crippen LogP contribution in [-0.2, 0) is 4.79 Å². The summed E-state index contributed by atoms with van der Waals surface area (Å²) in [4.78, 5) is 43.5. The largest absolute Gasteiger partial charge is 0.395 e. The molecule has 3 aromatic rings. The minimum atomic E-state index is -0.985. The van der Waals surface area contributed by atoms with Crippen LogP contribution in [0.5, 0.6) is 0 Å². The fourth-order valence-electron chi connectivity index (χ4n) is 4.80. The Bertz CT molecular complexity index is 1310. The van der Waals surface area contributed by atoms with Crippen LogP contribution in [0.15, 0.2) is 48.5 Å². The highest BCUT2D eigenvalue weighted by atomic mass is 32.1. The highest BCUT2D eigenvalue weighted by Crippen LogP contribution is 2.34. The number of primary amides is 1. The number of nitrogen functional groups attached to an aromatic ring is 1. The zero-order valence-electron chi connectivity index (χ0n) is 21.9. The molecule has 1 aliphatic rings. The van der Waals surface area contributed by atoms with Crippen molar-refractivity contribution in [2.45, 2.75) is 51.1 Å². The van der Waals surface area contributed by atoms with E-state index in [1.807, 2.05) is 68.4 Å². The number of carbonyl (C=O) groups is 3. The highest BCUT2D eigenvalue weighted by molar-refractivity contribution is 7.09. The van der Waals surface area contributed by atoms with Gasteiger partial charge in [0, 0.05) is 31.5 Å². The van der Waals surface area contributed by atoms with Crippen molar-refractivity contribution in [1.82, 2.24) is 9.69 Å². The van der Waals surface area contributed by atoms with Crippen LogP contribution in [0.4, 0.5) is 17.1 Å². The van der Waals surface area contributed by atoms with Crippen LogP contribution in [0.1, 0.15) is 69.4 Å². The molecule has 2 aromatic carbocycles. The number of amides is 3. The van der Waals surface area contributed by atoms with Gasteiger partial charge < -0.3 is 21.7 Å². The van der Waals surface area contributed by atoms with Gasteiger partial charge in [-0.3, -0.25) is 19.3 Å². The molecule has 1 heterocycles. The van der Waals surface area contributed by atoms with E-state index in [1.54, 1.807) is 6.07 Å². The van der Waals surface area contributed by atoms with Crippen molar-refractivity contribution in [3.8, 4) is 0 Å². The number of hydrogen-bond donors (Lipinski definition) is 3. The molecule has 0 bridgehead atoms. The van der Waals surface area contributed by atoms with E-state index in [9.17, 15) is 14.4 Å². The molecule has 1 fully saturated rings. The van der Waals surface area contributed by atoms with Crippen molar-refractivity contribution in [2.75, 3.05) is 29.6 Å². The van der Waals surface area contributed by atoms with Crippen LogP contribution in [0.2, 0.25) is 0 Å². The third-order valence-corrected chi connectivity index (χ3v) is 7.69. The topological polar surface area (TPSA) is 135 Å². The van der Waals surface area contributed by atoms with Gasteiger partial charge in [0.15, 0.2) is 5.69 Å². The number of aryl methyl sites for hydroxylation is 1. The molecule has 1 aliphatic carbocycles. The molecule has 1 aromatic heterocycles. The first kappa shape index (κ1) is 27.1. The van der Waals surface area contributed by atoms with Gasteiger partial charge in [-0.1, -0.05) is 43.5 Å². The molecule has 0 spiro atoms. The maximum atomic E-state index is 14.2. The second kappa shape index (κ2) is 11.6. The lowest BCUT2D eigenvalue weighted by atomic mass is 9.94. The van der Waals surface area contributed by atoms with E-state index < -0.39 is 17.9 Å². The quantitative estimate of drug-likeness (QED) is 0.399. The summed E-state index contributed by atoms with van der Waals surface area (Å²) in [5.41, 5.74) is 14.4. The van der Waals surface area contributed by atoms with Gasteiger partial charge in [0.05, 0.1) is 5.69 Å². The summed E-state index contributed by atoms with van der Waals surface area (Å²) in [6, 6.07) is 14.0. The second-order valence-electron chi connectivity index (χ2n) is 9.88. The molecule has 200 valence electrons. The molecule has 0 radical (unpaired) electrons. The van der Waals surface area contributed by atoms with E-state index in [0.717, 1.165) is 54.9 Å². The van der Waals surface area contributed by atoms with Crippen molar-refractivity contribution in [2.24, 2.45) is 5.73 Å². The monoisotopic (exact) mass is 534 g/mol. The van der Waals surface area contributed by atoms with Gasteiger partial charge in [0.2, 0.25) is 5.91 Å². The lowest BCUT2D eigenvalue weighted by molar-refractivity contribution is -0.123. The smallest absolute Gasteiger partial charge is 0.273 e. The van der Waals surface area contributed by atoms with E-state index in [1.165, 1.54) is 4.90 Å². The zero-order valence-corrected chi connectivity index (χ0v) is 22.8. The summed E-state index contributed by atoms with van der Waals surface area (Å²) in [5.74, 6) is -1.62. The predicted octanol–water partition coefficient (Wildman–Crippen LogP) is 4.04. The van der Waals surface area contributed by atoms with Gasteiger partial charge in [0.1, 0.15) is 10.9 Å². The molecule has 0 unspecified atom stereocenters. The maximum absolute atomic E-state index is 14.2. The van der Waals surface area contributed by atoms with Crippen molar-refractivity contribution in [3.05, 3.63) is 70.2 Å². The fraction of sp³-hybridized carbons (Fsp3) is 0.357. The summed E-state index contributed by atoms with van der Waals surface area (Å²) in [7, 11) is 3.88. The Morgan fingerprint density at radius 3 is 2.29 bits per heavy atom. The molecular weight excluding hydrogens is 500 g/mol. The number of nitrogens with two attached hydrogens (primary N) is 2. The Morgan fingerprint density at radius 1 is 1.03 bits per heavy atom. The first-order valence-electron chi connectivity index (χ1n) is 12.7. The van der Waals surface area contributed by atoms with Gasteiger partial charge in [-0.05, 0) is 66.7 Å². The Morgan fingerprint density at radius 2 is 1.71 bits per heavy atom. The van der Waals surface area contributed by atoms with Gasteiger partial charge in [-0.2, -0.15) is 4.37 Å². The van der Waals surface area contributed by atoms with E-state index in [-0.39, 0.29) is 28.2 Å². The van der Waals surface area contributed by atoms with Crippen LogP contribution >= 0.6 is 11.5 Å². The summed E-state index contributed by atoms with van der Waals surface area (Å²) in [6.45, 7) is 1.92. The normalized spacial score (nSPS) is 14.5. The molecule has 1 saturated carbocycles. The molecule has 0 aliphatic heterocycles. The molecular formula is C28H34N6O3S. The van der Waals surface area contributed by atoms with E-state index >= 15 is 0 Å². The minimum absolute atomic E-state index is 0.0456. The molecule has 3 amide bonds. The van der Waals surface area contributed by atoms with E-state index in [2.05, 4.69) is 9.69 Å². The number of rotatable bonds is 8. The van der Waals surface area contributed by atoms with Crippen molar-refractivity contribution in [3.63, 3.8) is 0 Å². The van der Waals surface area contributed by atoms with Crippen LogP contribution in [0, 0.1) is 6.92 Å². The van der Waals surface area contributed by atoms with E-state index in [0.29, 0.717) is 11.3 Å². The lowest BCUT2D eigenvalue weighted by Gasteiger charge is -2.33. The van der Waals surface area contributed by atoms with Crippen LogP contribution < -0.4 is 26.6 Å². The van der Waals surface area contributed by atoms with Crippen molar-refractivity contribution < 1.29 is 14.4 Å². The molecule has 4 rings (SSSR count). The van der Waals surface area contributed by atoms with Gasteiger partial charge >= 0.3 is 0 Å². The Kier molecular flexibility index (Phi) is 8.31. The number of hydrogen-bond acceptors (Lipinski definition) is 7. The summed E-state index contributed by atoms with van der Waals surface area (Å²) < 4.78 is 4.02. The number of carbonyl (C=O) groups excluding carboxylic acids is 3. The average Bonchev–Trinajstić information content (AvgIpc) is 3.29. The second-order valence-corrected chi connectivity index (χ2v) is 10.7. The van der Waals surface area contributed by atoms with Crippen LogP contribution in [0.3, 0.4) is 0 Å². The standard InChI is InChI=1S/C28H34N6O3S/c1-17-8-7-11-21(16-17)34(28(37)25-22(29)23(26(30)35)32-38-25)24(18-12-14-20(15-13-18)33(2)3)27(36)31-19-9-5-4-6-10-19/h7-8,11-16,19,24H,4-6,9-10,29H2,1-3H3,(H2,30,35)(H,31,36)/t24-/m1/s1. The fourth-order valence-corrected chi connectivity index (χ4v) is 5.54. The molecule has 0 saturated heterocycles. The van der Waals surface area contributed by atoms with Crippen LogP contribution in [0.25, 0.3) is 0 Å². The Hall–Kier alpha value is -3.92. The number of nitrogens with zero attached hydrogens (tertiary/aromatic N) is 3. The molecule has 10 heteroatoms. The van der Waals surface area contributed by atoms with Crippen molar-refractivity contribution >= 4 is 46.3 Å². The molecule has 1 atom stereocenters. The highest BCUT2D eigenvalue weighted by Gasteiger charge is 2.37. The molecule has 38 heavy (non-hydrogen) atoms. The summed E-state index contributed by atoms with van der Waals surface area (Å²) >= 11 is 0.801. The number of benzene rings is 2. The van der Waals surface area contributed by atoms with Crippen molar-refractivity contribution in [1.29, 1.82) is 0 Å². The van der Waals surface area contributed by atoms with Gasteiger partial charge in [0.25, 0.3) is 11.8 Å². The Balaban J connectivity index is 1.84. The third-order valence-electron chi connectivity index (χ3n) is 6.84. The van der Waals surface area contributed by atoms with E-state index in [4.69, 9.17) is 11.5 Å². The molecule has 5 N–H and O–H groups in total. The number of anilines is 3. The number of aromatic nitrogens is 1. The van der Waals surface area contributed by atoms with Gasteiger partial charge in [-0.15, -0.1) is 0 Å². The SMILES string of the molecule is Cc1cccc(N(C(=O)c2snc(C(N)=O)c2N)[C@@H](C(=O)NC2CCCCC2)c2ccc(N(C)C)cc2)c1. The average molecular weight is 535 g/mol. The summed E-state index contributed by atoms with van der Waals surface area (Å²) in [5, 5.41) is 3.20. The molecule has 9 nitrogen and oxygen atoms in total. The first-order valence-corrected chi connectivity index (χ1v) is 13.5. The minimum Gasteiger partial charge on any atom is -0.395 e. The lowest BCUT2D eigenvalue weighted by Crippen LogP contribution is -2.47. The zero-order chi connectivity index (χ0) is 27.4. The number of nitrogens with one attached hydrogen (secondary N) is 1. The third kappa shape index (κ3) is 5.80. The van der Waals surface area contributed by atoms with Crippen LogP contribution in [-0.4, -0.2) is 42.2 Å². The summed E-state index contributed by atoms with van der Waals surface area (Å²) in [6.07, 6.45) is 5.07. The predicted molar refractivity (Wildman–Crippen MR) is 152 cm³/mol. The van der Waals surface area contributed by atoms with Gasteiger partial charge in [-0.25, -0.2) is 0 Å². The maximum Gasteiger partial charge on any atom is 0.273 e.